The van der Waals surface area contributed by atoms with Gasteiger partial charge in [-0.2, -0.15) is 0 Å². The summed E-state index contributed by atoms with van der Waals surface area (Å²) in [6.45, 7) is 3.06. The van der Waals surface area contributed by atoms with Gasteiger partial charge in [0.15, 0.2) is 5.72 Å². The third-order valence-corrected chi connectivity index (χ3v) is 8.12. The van der Waals surface area contributed by atoms with Gasteiger partial charge < -0.3 is 20.3 Å². The maximum atomic E-state index is 11.4. The zero-order valence-electron chi connectivity index (χ0n) is 18.8. The van der Waals surface area contributed by atoms with Crippen molar-refractivity contribution < 1.29 is 24.2 Å². The highest BCUT2D eigenvalue weighted by molar-refractivity contribution is 7.19. The van der Waals surface area contributed by atoms with Crippen molar-refractivity contribution in [2.45, 2.75) is 69.4 Å². The van der Waals surface area contributed by atoms with Crippen molar-refractivity contribution >= 4 is 33.9 Å². The third kappa shape index (κ3) is 5.12. The van der Waals surface area contributed by atoms with Gasteiger partial charge in [0.05, 0.1) is 18.6 Å². The van der Waals surface area contributed by atoms with E-state index in [0.29, 0.717) is 12.3 Å². The predicted octanol–water partition coefficient (Wildman–Crippen LogP) is 3.06. The van der Waals surface area contributed by atoms with Crippen LogP contribution in [0.1, 0.15) is 67.7 Å². The number of aryl methyl sites for hydroxylation is 1. The molecule has 0 bridgehead atoms. The van der Waals surface area contributed by atoms with Crippen molar-refractivity contribution in [2.24, 2.45) is 5.73 Å². The highest BCUT2D eigenvalue weighted by Gasteiger charge is 2.42. The molecule has 33 heavy (non-hydrogen) atoms. The Kier molecular flexibility index (Phi) is 7.77. The summed E-state index contributed by atoms with van der Waals surface area (Å²) in [6, 6.07) is 0. The van der Waals surface area contributed by atoms with Crippen LogP contribution in [0.25, 0.3) is 10.2 Å². The van der Waals surface area contributed by atoms with E-state index in [4.69, 9.17) is 25.1 Å². The van der Waals surface area contributed by atoms with E-state index in [1.807, 2.05) is 0 Å². The van der Waals surface area contributed by atoms with Gasteiger partial charge in [-0.05, 0) is 43.6 Å². The molecule has 5 rings (SSSR count). The molecule has 1 saturated heterocycles. The molecule has 2 aromatic heterocycles. The Morgan fingerprint density at radius 1 is 1.30 bits per heavy atom. The number of hydrogen-bond acceptors (Lipinski definition) is 8. The summed E-state index contributed by atoms with van der Waals surface area (Å²) in [5, 5.41) is 7.96. The molecule has 3 aliphatic rings. The van der Waals surface area contributed by atoms with Gasteiger partial charge in [-0.25, -0.2) is 9.97 Å². The average Bonchev–Trinajstić information content (AvgIpc) is 3.39. The molecule has 2 aliphatic carbocycles. The van der Waals surface area contributed by atoms with E-state index < -0.39 is 0 Å². The van der Waals surface area contributed by atoms with Crippen molar-refractivity contribution in [1.82, 2.24) is 14.9 Å². The van der Waals surface area contributed by atoms with Crippen LogP contribution in [0, 0.1) is 0 Å². The number of carboxylic acid groups (broad SMARTS) is 1. The smallest absolute Gasteiger partial charge is 0.290 e. The van der Waals surface area contributed by atoms with Crippen LogP contribution in [0.15, 0.2) is 6.33 Å². The van der Waals surface area contributed by atoms with Gasteiger partial charge >= 0.3 is 0 Å². The van der Waals surface area contributed by atoms with Crippen molar-refractivity contribution in [2.75, 3.05) is 26.3 Å². The lowest BCUT2D eigenvalue weighted by atomic mass is 9.89. The Morgan fingerprint density at radius 2 is 2.03 bits per heavy atom. The molecule has 2 aromatic rings. The van der Waals surface area contributed by atoms with E-state index in [1.54, 1.807) is 17.7 Å². The molecule has 3 N–H and O–H groups in total. The highest BCUT2D eigenvalue weighted by Crippen LogP contribution is 2.48. The minimum absolute atomic E-state index is 0.232. The SMILES string of the molecule is NC(=O)CC[C@H]1CCc2sc3ncnc(OC4(N5CCOCC5)CCCCC4)c3c21.O=CO. The van der Waals surface area contributed by atoms with Crippen LogP contribution in [0.4, 0.5) is 0 Å². The van der Waals surface area contributed by atoms with E-state index in [-0.39, 0.29) is 18.1 Å². The van der Waals surface area contributed by atoms with Gasteiger partial charge in [0, 0.05) is 37.2 Å². The van der Waals surface area contributed by atoms with E-state index >= 15 is 0 Å². The van der Waals surface area contributed by atoms with Gasteiger partial charge in [-0.1, -0.05) is 6.42 Å². The Hall–Kier alpha value is -2.30. The van der Waals surface area contributed by atoms with Crippen LogP contribution in [-0.4, -0.2) is 64.4 Å². The van der Waals surface area contributed by atoms with Crippen LogP contribution in [0.2, 0.25) is 0 Å². The van der Waals surface area contributed by atoms with Crippen LogP contribution < -0.4 is 10.5 Å². The van der Waals surface area contributed by atoms with Gasteiger partial charge in [-0.3, -0.25) is 14.5 Å². The summed E-state index contributed by atoms with van der Waals surface area (Å²) in [5.74, 6) is 0.821. The molecular formula is C23H32N4O5S. The molecule has 1 atom stereocenters. The van der Waals surface area contributed by atoms with Crippen molar-refractivity contribution in [3.63, 3.8) is 0 Å². The number of nitrogens with zero attached hydrogens (tertiary/aromatic N) is 3. The molecule has 0 spiro atoms. The minimum Gasteiger partial charge on any atom is -0.483 e. The standard InChI is InChI=1S/C22H30N4O3S.CH2O2/c23-17(27)7-5-15-4-6-16-18(15)19-20(24-14-25-21(19)30-16)29-22(8-2-1-3-9-22)26-10-12-28-13-11-26;2-1-3/h14-15H,1-13H2,(H2,23,27);1H,(H,2,3)/t15-;/m1./s1. The largest absolute Gasteiger partial charge is 0.483 e. The second kappa shape index (κ2) is 10.8. The number of rotatable bonds is 6. The summed E-state index contributed by atoms with van der Waals surface area (Å²) in [5.41, 5.74) is 6.43. The lowest BCUT2D eigenvalue weighted by Gasteiger charge is -2.47. The second-order valence-corrected chi connectivity index (χ2v) is 9.94. The van der Waals surface area contributed by atoms with Gasteiger partial charge in [0.1, 0.15) is 11.2 Å². The highest BCUT2D eigenvalue weighted by atomic mass is 32.1. The summed E-state index contributed by atoms with van der Waals surface area (Å²) < 4.78 is 12.5. The predicted molar refractivity (Wildman–Crippen MR) is 124 cm³/mol. The molecule has 1 saturated carbocycles. The molecule has 180 valence electrons. The number of aromatic nitrogens is 2. The summed E-state index contributed by atoms with van der Waals surface area (Å²) >= 11 is 1.75. The minimum atomic E-state index is -0.306. The molecule has 0 aromatic carbocycles. The van der Waals surface area contributed by atoms with Gasteiger partial charge in [-0.15, -0.1) is 11.3 Å². The van der Waals surface area contributed by atoms with E-state index in [9.17, 15) is 4.79 Å². The Morgan fingerprint density at radius 3 is 2.73 bits per heavy atom. The molecule has 0 unspecified atom stereocenters. The quantitative estimate of drug-likeness (QED) is 0.609. The number of carbonyl (C=O) groups is 2. The number of thiophene rings is 1. The summed E-state index contributed by atoms with van der Waals surface area (Å²) in [6.07, 6.45) is 10.6. The molecule has 10 heteroatoms. The van der Waals surface area contributed by atoms with Gasteiger partial charge in [0.2, 0.25) is 11.8 Å². The second-order valence-electron chi connectivity index (χ2n) is 8.85. The maximum absolute atomic E-state index is 11.4. The molecule has 3 heterocycles. The summed E-state index contributed by atoms with van der Waals surface area (Å²) in [4.78, 5) is 33.8. The molecule has 2 fully saturated rings. The normalized spacial score (nSPS) is 22.2. The zero-order valence-corrected chi connectivity index (χ0v) is 19.6. The third-order valence-electron chi connectivity index (χ3n) is 6.94. The maximum Gasteiger partial charge on any atom is 0.290 e. The fraction of sp³-hybridized carbons (Fsp3) is 0.652. The topological polar surface area (TPSA) is 128 Å². The van der Waals surface area contributed by atoms with Crippen molar-refractivity contribution in [1.29, 1.82) is 0 Å². The fourth-order valence-electron chi connectivity index (χ4n) is 5.46. The Balaban J connectivity index is 0.000000821. The van der Waals surface area contributed by atoms with Crippen LogP contribution in [0.3, 0.4) is 0 Å². The van der Waals surface area contributed by atoms with Crippen molar-refractivity contribution in [3.05, 3.63) is 16.8 Å². The van der Waals surface area contributed by atoms with E-state index in [0.717, 1.165) is 74.5 Å². The average molecular weight is 477 g/mol. The first-order valence-corrected chi connectivity index (χ1v) is 12.5. The first-order valence-electron chi connectivity index (χ1n) is 11.7. The zero-order chi connectivity index (χ0) is 23.3. The fourth-order valence-corrected chi connectivity index (χ4v) is 6.69. The van der Waals surface area contributed by atoms with Gasteiger partial charge in [0.25, 0.3) is 6.47 Å². The number of carbonyl (C=O) groups excluding carboxylic acids is 1. The lowest BCUT2D eigenvalue weighted by Crippen LogP contribution is -2.58. The number of fused-ring (bicyclic) bond motifs is 3. The molecule has 1 amide bonds. The number of ether oxygens (including phenoxy) is 2. The van der Waals surface area contributed by atoms with E-state index in [1.165, 1.54) is 29.7 Å². The number of primary amides is 1. The summed E-state index contributed by atoms with van der Waals surface area (Å²) in [7, 11) is 0. The Labute approximate surface area is 197 Å². The number of amides is 1. The molecule has 9 nitrogen and oxygen atoms in total. The first kappa shape index (κ1) is 23.8. The monoisotopic (exact) mass is 476 g/mol. The number of hydrogen-bond donors (Lipinski definition) is 2. The van der Waals surface area contributed by atoms with E-state index in [2.05, 4.69) is 14.9 Å². The van der Waals surface area contributed by atoms with Crippen LogP contribution in [0.5, 0.6) is 5.88 Å². The van der Waals surface area contributed by atoms with Crippen LogP contribution >= 0.6 is 11.3 Å². The number of morpholine rings is 1. The lowest BCUT2D eigenvalue weighted by molar-refractivity contribution is -0.142. The molecule has 1 aliphatic heterocycles. The first-order chi connectivity index (χ1) is 16.1. The Bertz CT molecular complexity index is 969. The molecule has 0 radical (unpaired) electrons. The van der Waals surface area contributed by atoms with Crippen molar-refractivity contribution in [3.8, 4) is 5.88 Å². The molecular weight excluding hydrogens is 444 g/mol. The number of nitrogens with two attached hydrogens (primary N) is 1. The van der Waals surface area contributed by atoms with Crippen LogP contribution in [-0.2, 0) is 20.7 Å².